The van der Waals surface area contributed by atoms with Crippen molar-refractivity contribution in [1.82, 2.24) is 4.90 Å². The van der Waals surface area contributed by atoms with Gasteiger partial charge < -0.3 is 10.5 Å². The fourth-order valence-corrected chi connectivity index (χ4v) is 3.75. The quantitative estimate of drug-likeness (QED) is 0.837. The van der Waals surface area contributed by atoms with Crippen molar-refractivity contribution in [1.29, 1.82) is 0 Å². The highest BCUT2D eigenvalue weighted by Gasteiger charge is 2.40. The first kappa shape index (κ1) is 14.3. The summed E-state index contributed by atoms with van der Waals surface area (Å²) in [6.45, 7) is 8.49. The van der Waals surface area contributed by atoms with Crippen LogP contribution in [0.5, 0.6) is 0 Å². The maximum atomic E-state index is 6.69. The van der Waals surface area contributed by atoms with Gasteiger partial charge in [0.1, 0.15) is 0 Å². The molecule has 2 rings (SSSR count). The van der Waals surface area contributed by atoms with Gasteiger partial charge in [-0.3, -0.25) is 4.90 Å². The van der Waals surface area contributed by atoms with Crippen LogP contribution < -0.4 is 5.73 Å². The lowest BCUT2D eigenvalue weighted by molar-refractivity contribution is -0.0371. The second-order valence-electron chi connectivity index (χ2n) is 6.23. The Morgan fingerprint density at radius 2 is 1.83 bits per heavy atom. The zero-order chi connectivity index (χ0) is 13.0. The lowest BCUT2D eigenvalue weighted by Crippen LogP contribution is -2.62. The summed E-state index contributed by atoms with van der Waals surface area (Å²) in [6.07, 6.45) is 7.97. The average Bonchev–Trinajstić information content (AvgIpc) is 2.47. The molecule has 106 valence electrons. The molecule has 3 heteroatoms. The van der Waals surface area contributed by atoms with E-state index in [2.05, 4.69) is 18.7 Å². The van der Waals surface area contributed by atoms with Crippen molar-refractivity contribution in [2.45, 2.75) is 64.0 Å². The van der Waals surface area contributed by atoms with Crippen LogP contribution in [-0.2, 0) is 4.74 Å². The Balaban J connectivity index is 2.03. The fraction of sp³-hybridized carbons (Fsp3) is 1.00. The zero-order valence-electron chi connectivity index (χ0n) is 12.2. The van der Waals surface area contributed by atoms with Gasteiger partial charge >= 0.3 is 0 Å². The van der Waals surface area contributed by atoms with E-state index in [9.17, 15) is 0 Å². The summed E-state index contributed by atoms with van der Waals surface area (Å²) in [5.74, 6) is 0.728. The van der Waals surface area contributed by atoms with Crippen molar-refractivity contribution in [3.05, 3.63) is 0 Å². The number of hydrogen-bond acceptors (Lipinski definition) is 3. The Bertz CT molecular complexity index is 247. The number of ether oxygens (including phenoxy) is 1. The molecular weight excluding hydrogens is 224 g/mol. The largest absolute Gasteiger partial charge is 0.379 e. The van der Waals surface area contributed by atoms with Gasteiger partial charge in [0.15, 0.2) is 0 Å². The number of rotatable bonds is 4. The van der Waals surface area contributed by atoms with E-state index in [4.69, 9.17) is 10.5 Å². The Kier molecular flexibility index (Phi) is 5.05. The molecule has 2 N–H and O–H groups in total. The van der Waals surface area contributed by atoms with Crippen LogP contribution in [-0.4, -0.2) is 42.8 Å². The molecule has 2 atom stereocenters. The Morgan fingerprint density at radius 1 is 1.22 bits per heavy atom. The van der Waals surface area contributed by atoms with Crippen molar-refractivity contribution < 1.29 is 4.74 Å². The summed E-state index contributed by atoms with van der Waals surface area (Å²) in [7, 11) is 0. The monoisotopic (exact) mass is 254 g/mol. The van der Waals surface area contributed by atoms with Gasteiger partial charge in [0.2, 0.25) is 0 Å². The molecule has 0 amide bonds. The summed E-state index contributed by atoms with van der Waals surface area (Å²) in [5, 5.41) is 0. The highest BCUT2D eigenvalue weighted by atomic mass is 16.5. The van der Waals surface area contributed by atoms with Crippen molar-refractivity contribution in [3.8, 4) is 0 Å². The second kappa shape index (κ2) is 6.36. The first-order chi connectivity index (χ1) is 8.68. The van der Waals surface area contributed by atoms with Crippen LogP contribution in [0.3, 0.4) is 0 Å². The third-order valence-electron chi connectivity index (χ3n) is 5.33. The summed E-state index contributed by atoms with van der Waals surface area (Å²) >= 11 is 0. The number of nitrogens with zero attached hydrogens (tertiary/aromatic N) is 1. The number of nitrogens with two attached hydrogens (primary N) is 1. The molecule has 1 saturated heterocycles. The van der Waals surface area contributed by atoms with Crippen LogP contribution in [0.2, 0.25) is 0 Å². The molecule has 1 saturated carbocycles. The minimum absolute atomic E-state index is 0.159. The molecular formula is C15H30N2O. The van der Waals surface area contributed by atoms with E-state index < -0.39 is 0 Å². The average molecular weight is 254 g/mol. The van der Waals surface area contributed by atoms with E-state index in [-0.39, 0.29) is 5.54 Å². The molecule has 0 aromatic rings. The molecule has 2 unspecified atom stereocenters. The molecule has 2 fully saturated rings. The second-order valence-corrected chi connectivity index (χ2v) is 6.23. The predicted molar refractivity (Wildman–Crippen MR) is 75.6 cm³/mol. The van der Waals surface area contributed by atoms with Crippen molar-refractivity contribution in [2.75, 3.05) is 26.3 Å². The lowest BCUT2D eigenvalue weighted by Gasteiger charge is -2.49. The highest BCUT2D eigenvalue weighted by molar-refractivity contribution is 4.99. The summed E-state index contributed by atoms with van der Waals surface area (Å²) < 4.78 is 5.48. The maximum Gasteiger partial charge on any atom is 0.0594 e. The highest BCUT2D eigenvalue weighted by Crippen LogP contribution is 2.34. The Morgan fingerprint density at radius 3 is 2.39 bits per heavy atom. The minimum atomic E-state index is 0.159. The maximum absolute atomic E-state index is 6.69. The fourth-order valence-electron chi connectivity index (χ4n) is 3.75. The van der Waals surface area contributed by atoms with E-state index in [1.165, 1.54) is 32.1 Å². The molecule has 0 aromatic carbocycles. The first-order valence-corrected chi connectivity index (χ1v) is 7.77. The third kappa shape index (κ3) is 2.89. The third-order valence-corrected chi connectivity index (χ3v) is 5.33. The molecule has 0 aromatic heterocycles. The van der Waals surface area contributed by atoms with Crippen LogP contribution in [0.15, 0.2) is 0 Å². The van der Waals surface area contributed by atoms with Crippen molar-refractivity contribution in [3.63, 3.8) is 0 Å². The van der Waals surface area contributed by atoms with E-state index in [0.717, 1.165) is 38.6 Å². The normalized spacial score (nSPS) is 28.8. The van der Waals surface area contributed by atoms with Gasteiger partial charge in [-0.15, -0.1) is 0 Å². The molecule has 2 aliphatic rings. The summed E-state index contributed by atoms with van der Waals surface area (Å²) in [5.41, 5.74) is 6.84. The first-order valence-electron chi connectivity index (χ1n) is 7.77. The van der Waals surface area contributed by atoms with E-state index in [1.807, 2.05) is 0 Å². The van der Waals surface area contributed by atoms with E-state index >= 15 is 0 Å². The SMILES string of the molecule is CCC(C)(C(N)C1CCCCC1)N1CCOCC1. The van der Waals surface area contributed by atoms with Crippen molar-refractivity contribution in [2.24, 2.45) is 11.7 Å². The predicted octanol–water partition coefficient (Wildman–Crippen LogP) is 2.39. The van der Waals surface area contributed by atoms with Gasteiger partial charge in [-0.05, 0) is 32.1 Å². The minimum Gasteiger partial charge on any atom is -0.379 e. The van der Waals surface area contributed by atoms with Gasteiger partial charge in [0.05, 0.1) is 13.2 Å². The van der Waals surface area contributed by atoms with Crippen molar-refractivity contribution >= 4 is 0 Å². The molecule has 3 nitrogen and oxygen atoms in total. The Hall–Kier alpha value is -0.120. The summed E-state index contributed by atoms with van der Waals surface area (Å²) in [4.78, 5) is 2.58. The van der Waals surface area contributed by atoms with Crippen LogP contribution >= 0.6 is 0 Å². The molecule has 1 aliphatic carbocycles. The molecule has 0 bridgehead atoms. The standard InChI is InChI=1S/C15H30N2O/c1-3-15(2,17-9-11-18-12-10-17)14(16)13-7-5-4-6-8-13/h13-14H,3-12,16H2,1-2H3. The van der Waals surface area contributed by atoms with Crippen LogP contribution in [0.25, 0.3) is 0 Å². The Labute approximate surface area is 112 Å². The molecule has 1 aliphatic heterocycles. The van der Waals surface area contributed by atoms with Gasteiger partial charge in [-0.25, -0.2) is 0 Å². The van der Waals surface area contributed by atoms with Crippen LogP contribution in [0, 0.1) is 5.92 Å². The molecule has 1 heterocycles. The molecule has 0 radical (unpaired) electrons. The number of hydrogen-bond donors (Lipinski definition) is 1. The lowest BCUT2D eigenvalue weighted by atomic mass is 9.74. The molecule has 0 spiro atoms. The summed E-state index contributed by atoms with van der Waals surface area (Å²) in [6, 6.07) is 0.320. The van der Waals surface area contributed by atoms with Gasteiger partial charge in [0, 0.05) is 24.7 Å². The van der Waals surface area contributed by atoms with Gasteiger partial charge in [-0.2, -0.15) is 0 Å². The van der Waals surface area contributed by atoms with Gasteiger partial charge in [0.25, 0.3) is 0 Å². The van der Waals surface area contributed by atoms with Crippen LogP contribution in [0.4, 0.5) is 0 Å². The zero-order valence-corrected chi connectivity index (χ0v) is 12.2. The van der Waals surface area contributed by atoms with E-state index in [0.29, 0.717) is 6.04 Å². The smallest absolute Gasteiger partial charge is 0.0594 e. The van der Waals surface area contributed by atoms with Crippen LogP contribution in [0.1, 0.15) is 52.4 Å². The topological polar surface area (TPSA) is 38.5 Å². The number of morpholine rings is 1. The van der Waals surface area contributed by atoms with Gasteiger partial charge in [-0.1, -0.05) is 26.2 Å². The van der Waals surface area contributed by atoms with E-state index in [1.54, 1.807) is 0 Å². The molecule has 18 heavy (non-hydrogen) atoms.